The average molecular weight is 538 g/mol. The van der Waals surface area contributed by atoms with Gasteiger partial charge < -0.3 is 14.2 Å². The third-order valence-corrected chi connectivity index (χ3v) is 5.36. The minimum Gasteiger partial charge on any atom is -0.495 e. The summed E-state index contributed by atoms with van der Waals surface area (Å²) in [6.07, 6.45) is 1.51. The van der Waals surface area contributed by atoms with Crippen LogP contribution in [0.5, 0.6) is 17.2 Å². The maximum atomic E-state index is 13.2. The van der Waals surface area contributed by atoms with Crippen LogP contribution in [0.4, 0.5) is 5.69 Å². The highest BCUT2D eigenvalue weighted by Gasteiger charge is 2.35. The fraction of sp³-hybridized carbons (Fsp3) is 0.190. The monoisotopic (exact) mass is 538 g/mol. The van der Waals surface area contributed by atoms with Gasteiger partial charge in [0, 0.05) is 0 Å². The first kappa shape index (κ1) is 22.0. The quantitative estimate of drug-likeness (QED) is 0.263. The lowest BCUT2D eigenvalue weighted by Gasteiger charge is -2.29. The summed E-state index contributed by atoms with van der Waals surface area (Å²) < 4.78 is 17.2. The molecule has 0 atom stereocenters. The number of thiocarbonyl (C=S) groups is 1. The fourth-order valence-corrected chi connectivity index (χ4v) is 4.11. The Bertz CT molecular complexity index is 1050. The number of halogens is 1. The topological polar surface area (TPSA) is 77.1 Å². The predicted molar refractivity (Wildman–Crippen MR) is 126 cm³/mol. The van der Waals surface area contributed by atoms with E-state index >= 15 is 0 Å². The highest BCUT2D eigenvalue weighted by atomic mass is 127. The van der Waals surface area contributed by atoms with E-state index in [2.05, 4.69) is 27.9 Å². The maximum Gasteiger partial charge on any atom is 0.270 e. The first-order valence-electron chi connectivity index (χ1n) is 8.96. The number of nitrogens with one attached hydrogen (secondary N) is 1. The van der Waals surface area contributed by atoms with Gasteiger partial charge in [0.2, 0.25) is 0 Å². The molecule has 1 heterocycles. The van der Waals surface area contributed by atoms with Gasteiger partial charge in [-0.3, -0.25) is 14.9 Å². The Balaban J connectivity index is 2.07. The second-order valence-corrected chi connectivity index (χ2v) is 7.65. The second-order valence-electron chi connectivity index (χ2n) is 6.10. The molecule has 3 rings (SSSR count). The molecule has 2 aromatic rings. The van der Waals surface area contributed by atoms with E-state index in [4.69, 9.17) is 26.4 Å². The predicted octanol–water partition coefficient (Wildman–Crippen LogP) is 3.54. The number of hydrogen-bond donors (Lipinski definition) is 1. The minimum atomic E-state index is -0.570. The van der Waals surface area contributed by atoms with Crippen LogP contribution in [-0.2, 0) is 9.59 Å². The third-order valence-electron chi connectivity index (χ3n) is 4.27. The molecular formula is C21H19IN2O5S. The highest BCUT2D eigenvalue weighted by molar-refractivity contribution is 14.1. The first-order valence-corrected chi connectivity index (χ1v) is 10.4. The summed E-state index contributed by atoms with van der Waals surface area (Å²) in [5.74, 6) is 0.466. The maximum absolute atomic E-state index is 13.2. The minimum absolute atomic E-state index is 0.00836. The van der Waals surface area contributed by atoms with Crippen LogP contribution in [0.15, 0.2) is 42.0 Å². The molecule has 1 aliphatic heterocycles. The van der Waals surface area contributed by atoms with Crippen LogP contribution in [0.2, 0.25) is 0 Å². The zero-order valence-corrected chi connectivity index (χ0v) is 19.5. The summed E-state index contributed by atoms with van der Waals surface area (Å²) in [6, 6.07) is 10.5. The summed E-state index contributed by atoms with van der Waals surface area (Å²) in [5, 5.41) is 2.56. The fourth-order valence-electron chi connectivity index (χ4n) is 2.99. The summed E-state index contributed by atoms with van der Waals surface area (Å²) in [5.41, 5.74) is 1.01. The van der Waals surface area contributed by atoms with Crippen molar-refractivity contribution in [1.82, 2.24) is 5.32 Å². The molecule has 0 unspecified atom stereocenters. The Morgan fingerprint density at radius 1 is 1.13 bits per heavy atom. The van der Waals surface area contributed by atoms with Gasteiger partial charge >= 0.3 is 0 Å². The zero-order valence-electron chi connectivity index (χ0n) is 16.5. The number of amides is 2. The molecule has 1 N–H and O–H groups in total. The normalized spacial score (nSPS) is 15.3. The van der Waals surface area contributed by atoms with E-state index in [-0.39, 0.29) is 10.7 Å². The lowest BCUT2D eigenvalue weighted by Crippen LogP contribution is -2.54. The number of anilines is 1. The van der Waals surface area contributed by atoms with Gasteiger partial charge in [-0.05, 0) is 77.6 Å². The molecule has 0 spiro atoms. The van der Waals surface area contributed by atoms with E-state index in [0.29, 0.717) is 35.1 Å². The molecule has 7 nitrogen and oxygen atoms in total. The number of carbonyl (C=O) groups is 2. The van der Waals surface area contributed by atoms with E-state index in [1.807, 2.05) is 6.92 Å². The third kappa shape index (κ3) is 4.26. The van der Waals surface area contributed by atoms with Crippen LogP contribution in [-0.4, -0.2) is 37.8 Å². The standard InChI is InChI=1S/C21H19IN2O5S/c1-4-29-17-11-12(10-14(22)18(17)28-3)9-13-19(25)23-21(30)24(20(13)26)15-7-5-6-8-16(15)27-2/h5-11H,4H2,1-3H3,(H,23,25,30)/b13-9+. The summed E-state index contributed by atoms with van der Waals surface area (Å²) in [7, 11) is 3.06. The smallest absolute Gasteiger partial charge is 0.270 e. The molecular weight excluding hydrogens is 519 g/mol. The molecule has 2 amide bonds. The van der Waals surface area contributed by atoms with Gasteiger partial charge in [0.1, 0.15) is 11.3 Å². The molecule has 1 fully saturated rings. The van der Waals surface area contributed by atoms with Crippen LogP contribution in [0, 0.1) is 3.57 Å². The van der Waals surface area contributed by atoms with Gasteiger partial charge in [-0.15, -0.1) is 0 Å². The Hall–Kier alpha value is -2.66. The first-order chi connectivity index (χ1) is 14.4. The molecule has 1 aliphatic rings. The Morgan fingerprint density at radius 3 is 2.53 bits per heavy atom. The van der Waals surface area contributed by atoms with Crippen LogP contribution < -0.4 is 24.4 Å². The van der Waals surface area contributed by atoms with Gasteiger partial charge in [0.15, 0.2) is 16.6 Å². The summed E-state index contributed by atoms with van der Waals surface area (Å²) in [6.45, 7) is 2.31. The molecule has 30 heavy (non-hydrogen) atoms. The van der Waals surface area contributed by atoms with Crippen LogP contribution in [0.3, 0.4) is 0 Å². The molecule has 0 radical (unpaired) electrons. The van der Waals surface area contributed by atoms with Gasteiger partial charge in [-0.1, -0.05) is 12.1 Å². The van der Waals surface area contributed by atoms with Crippen molar-refractivity contribution in [1.29, 1.82) is 0 Å². The van der Waals surface area contributed by atoms with E-state index < -0.39 is 11.8 Å². The molecule has 0 aromatic heterocycles. The number of ether oxygens (including phenoxy) is 3. The SMILES string of the molecule is CCOc1cc(/C=C2\C(=O)NC(=S)N(c3ccccc3OC)C2=O)cc(I)c1OC. The molecule has 156 valence electrons. The van der Waals surface area contributed by atoms with E-state index in [1.54, 1.807) is 43.5 Å². The molecule has 2 aromatic carbocycles. The zero-order chi connectivity index (χ0) is 21.8. The molecule has 0 bridgehead atoms. The van der Waals surface area contributed by atoms with Crippen molar-refractivity contribution in [2.45, 2.75) is 6.92 Å². The van der Waals surface area contributed by atoms with Gasteiger partial charge in [0.25, 0.3) is 11.8 Å². The Kier molecular flexibility index (Phi) is 6.93. The number of hydrogen-bond acceptors (Lipinski definition) is 6. The average Bonchev–Trinajstić information content (AvgIpc) is 2.71. The van der Waals surface area contributed by atoms with Crippen LogP contribution in [0.25, 0.3) is 6.08 Å². The van der Waals surface area contributed by atoms with Crippen molar-refractivity contribution in [3.05, 3.63) is 51.1 Å². The largest absolute Gasteiger partial charge is 0.495 e. The lowest BCUT2D eigenvalue weighted by atomic mass is 10.1. The van der Waals surface area contributed by atoms with Crippen LogP contribution >= 0.6 is 34.8 Å². The van der Waals surface area contributed by atoms with E-state index in [0.717, 1.165) is 3.57 Å². The summed E-state index contributed by atoms with van der Waals surface area (Å²) >= 11 is 7.36. The van der Waals surface area contributed by atoms with Crippen molar-refractivity contribution in [3.63, 3.8) is 0 Å². The van der Waals surface area contributed by atoms with Crippen molar-refractivity contribution >= 4 is 63.5 Å². The van der Waals surface area contributed by atoms with E-state index in [9.17, 15) is 9.59 Å². The molecule has 9 heteroatoms. The highest BCUT2D eigenvalue weighted by Crippen LogP contribution is 2.35. The van der Waals surface area contributed by atoms with Gasteiger partial charge in [-0.25, -0.2) is 4.90 Å². The Labute approximate surface area is 193 Å². The van der Waals surface area contributed by atoms with Crippen LogP contribution in [0.1, 0.15) is 12.5 Å². The Morgan fingerprint density at radius 2 is 1.87 bits per heavy atom. The van der Waals surface area contributed by atoms with Gasteiger partial charge in [0.05, 0.1) is 30.1 Å². The van der Waals surface area contributed by atoms with Crippen molar-refractivity contribution < 1.29 is 23.8 Å². The van der Waals surface area contributed by atoms with Gasteiger partial charge in [-0.2, -0.15) is 0 Å². The van der Waals surface area contributed by atoms with Crippen molar-refractivity contribution in [3.8, 4) is 17.2 Å². The molecule has 1 saturated heterocycles. The van der Waals surface area contributed by atoms with E-state index in [1.165, 1.54) is 18.1 Å². The number of rotatable bonds is 6. The number of para-hydroxylation sites is 2. The van der Waals surface area contributed by atoms with Crippen molar-refractivity contribution in [2.24, 2.45) is 0 Å². The summed E-state index contributed by atoms with van der Waals surface area (Å²) in [4.78, 5) is 27.0. The second kappa shape index (κ2) is 9.43. The molecule has 0 aliphatic carbocycles. The lowest BCUT2D eigenvalue weighted by molar-refractivity contribution is -0.122. The van der Waals surface area contributed by atoms with Crippen molar-refractivity contribution in [2.75, 3.05) is 25.7 Å². The number of carbonyl (C=O) groups excluding carboxylic acids is 2. The number of methoxy groups -OCH3 is 2. The number of nitrogens with zero attached hydrogens (tertiary/aromatic N) is 1. The number of benzene rings is 2. The molecule has 0 saturated carbocycles.